The fourth-order valence-electron chi connectivity index (χ4n) is 2.05. The number of thiophene rings is 1. The van der Waals surface area contributed by atoms with Crippen molar-refractivity contribution in [2.24, 2.45) is 0 Å². The molecule has 2 heteroatoms. The molecule has 0 aliphatic heterocycles. The molecule has 2 aromatic rings. The predicted molar refractivity (Wildman–Crippen MR) is 79.8 cm³/mol. The molecule has 0 saturated carbocycles. The van der Waals surface area contributed by atoms with Crippen LogP contribution >= 0.6 is 11.3 Å². The summed E-state index contributed by atoms with van der Waals surface area (Å²) >= 11 is 1.85. The van der Waals surface area contributed by atoms with Crippen molar-refractivity contribution in [1.29, 1.82) is 0 Å². The van der Waals surface area contributed by atoms with Crippen LogP contribution < -0.4 is 0 Å². The highest BCUT2D eigenvalue weighted by Gasteiger charge is 2.13. The van der Waals surface area contributed by atoms with E-state index in [1.165, 1.54) is 16.9 Å². The second kappa shape index (κ2) is 6.72. The van der Waals surface area contributed by atoms with Gasteiger partial charge in [-0.1, -0.05) is 43.3 Å². The second-order valence-electron chi connectivity index (χ2n) is 4.73. The summed E-state index contributed by atoms with van der Waals surface area (Å²) < 4.78 is 0. The molecule has 1 aromatic carbocycles. The Morgan fingerprint density at radius 2 is 1.83 bits per heavy atom. The molecule has 0 N–H and O–H groups in total. The summed E-state index contributed by atoms with van der Waals surface area (Å²) in [4.78, 5) is 4.01. The third kappa shape index (κ3) is 3.69. The van der Waals surface area contributed by atoms with Crippen LogP contribution in [0.25, 0.3) is 0 Å². The third-order valence-corrected chi connectivity index (χ3v) is 4.24. The third-order valence-electron chi connectivity index (χ3n) is 3.38. The zero-order chi connectivity index (χ0) is 12.8. The highest BCUT2D eigenvalue weighted by molar-refractivity contribution is 7.09. The minimum atomic E-state index is 0.618. The predicted octanol–water partition coefficient (Wildman–Crippen LogP) is 4.55. The van der Waals surface area contributed by atoms with Gasteiger partial charge >= 0.3 is 0 Å². The average Bonchev–Trinajstić information content (AvgIpc) is 2.91. The molecule has 0 spiro atoms. The quantitative estimate of drug-likeness (QED) is 0.735. The molecule has 1 nitrogen and oxygen atoms in total. The summed E-state index contributed by atoms with van der Waals surface area (Å²) in [5.74, 6) is 0. The Bertz CT molecular complexity index is 435. The number of hydrogen-bond acceptors (Lipinski definition) is 2. The van der Waals surface area contributed by atoms with Crippen LogP contribution in [0.5, 0.6) is 0 Å². The van der Waals surface area contributed by atoms with E-state index in [-0.39, 0.29) is 0 Å². The van der Waals surface area contributed by atoms with Crippen LogP contribution in [0.15, 0.2) is 47.8 Å². The van der Waals surface area contributed by atoms with Crippen molar-refractivity contribution in [2.45, 2.75) is 39.4 Å². The summed E-state index contributed by atoms with van der Waals surface area (Å²) in [5, 5.41) is 2.16. The number of rotatable bonds is 6. The Morgan fingerprint density at radius 1 is 1.06 bits per heavy atom. The molecule has 0 aliphatic carbocycles. The number of hydrogen-bond donors (Lipinski definition) is 0. The van der Waals surface area contributed by atoms with Gasteiger partial charge in [0.05, 0.1) is 0 Å². The lowest BCUT2D eigenvalue weighted by molar-refractivity contribution is 0.188. The molecular formula is C16H21NS. The molecule has 0 radical (unpaired) electrons. The Hall–Kier alpha value is -1.12. The van der Waals surface area contributed by atoms with Gasteiger partial charge in [0.15, 0.2) is 0 Å². The highest BCUT2D eigenvalue weighted by atomic mass is 32.1. The number of nitrogens with zero attached hydrogens (tertiary/aromatic N) is 1. The number of benzene rings is 1. The lowest BCUT2D eigenvalue weighted by Gasteiger charge is -2.28. The van der Waals surface area contributed by atoms with E-state index in [4.69, 9.17) is 0 Å². The maximum absolute atomic E-state index is 2.56. The van der Waals surface area contributed by atoms with Crippen LogP contribution in [0.2, 0.25) is 0 Å². The second-order valence-corrected chi connectivity index (χ2v) is 5.76. The van der Waals surface area contributed by atoms with Crippen molar-refractivity contribution in [3.63, 3.8) is 0 Å². The van der Waals surface area contributed by atoms with E-state index in [1.54, 1.807) is 0 Å². The van der Waals surface area contributed by atoms with Crippen molar-refractivity contribution in [1.82, 2.24) is 4.90 Å². The molecule has 18 heavy (non-hydrogen) atoms. The fourth-order valence-corrected chi connectivity index (χ4v) is 2.78. The minimum Gasteiger partial charge on any atom is -0.291 e. The largest absolute Gasteiger partial charge is 0.291 e. The van der Waals surface area contributed by atoms with Gasteiger partial charge in [-0.25, -0.2) is 0 Å². The summed E-state index contributed by atoms with van der Waals surface area (Å²) in [6.07, 6.45) is 1.19. The lowest BCUT2D eigenvalue weighted by Crippen LogP contribution is -2.31. The minimum absolute atomic E-state index is 0.618. The van der Waals surface area contributed by atoms with Gasteiger partial charge in [0.1, 0.15) is 0 Å². The fraction of sp³-hybridized carbons (Fsp3) is 0.375. The summed E-state index contributed by atoms with van der Waals surface area (Å²) in [6.45, 7) is 6.67. The van der Waals surface area contributed by atoms with Gasteiger partial charge in [0, 0.05) is 24.0 Å². The zero-order valence-corrected chi connectivity index (χ0v) is 12.0. The Balaban J connectivity index is 2.06. The molecule has 96 valence electrons. The molecule has 0 amide bonds. The van der Waals surface area contributed by atoms with Crippen molar-refractivity contribution < 1.29 is 0 Å². The van der Waals surface area contributed by atoms with Crippen LogP contribution in [0.4, 0.5) is 0 Å². The molecule has 1 aromatic heterocycles. The molecule has 1 heterocycles. The van der Waals surface area contributed by atoms with Gasteiger partial charge in [-0.3, -0.25) is 4.90 Å². The zero-order valence-electron chi connectivity index (χ0n) is 11.2. The highest BCUT2D eigenvalue weighted by Crippen LogP contribution is 2.17. The van der Waals surface area contributed by atoms with E-state index >= 15 is 0 Å². The van der Waals surface area contributed by atoms with Gasteiger partial charge in [0.2, 0.25) is 0 Å². The van der Waals surface area contributed by atoms with Crippen molar-refractivity contribution in [2.75, 3.05) is 0 Å². The summed E-state index contributed by atoms with van der Waals surface area (Å²) in [5.41, 5.74) is 1.40. The van der Waals surface area contributed by atoms with Gasteiger partial charge < -0.3 is 0 Å². The Kier molecular flexibility index (Phi) is 4.97. The molecule has 0 fully saturated rings. The molecule has 0 bridgehead atoms. The van der Waals surface area contributed by atoms with E-state index in [0.29, 0.717) is 6.04 Å². The molecule has 0 unspecified atom stereocenters. The maximum Gasteiger partial charge on any atom is 0.0334 e. The Morgan fingerprint density at radius 3 is 2.44 bits per heavy atom. The van der Waals surface area contributed by atoms with Crippen LogP contribution in [-0.2, 0) is 13.1 Å². The summed E-state index contributed by atoms with van der Waals surface area (Å²) in [6, 6.07) is 15.7. The van der Waals surface area contributed by atoms with Gasteiger partial charge in [-0.05, 0) is 30.4 Å². The lowest BCUT2D eigenvalue weighted by atomic mass is 10.1. The molecule has 0 saturated heterocycles. The van der Waals surface area contributed by atoms with Gasteiger partial charge in [-0.15, -0.1) is 11.3 Å². The molecule has 0 aliphatic rings. The summed E-state index contributed by atoms with van der Waals surface area (Å²) in [7, 11) is 0. The van der Waals surface area contributed by atoms with Crippen molar-refractivity contribution >= 4 is 11.3 Å². The van der Waals surface area contributed by atoms with E-state index in [1.807, 2.05) is 11.3 Å². The normalized spacial score (nSPS) is 12.8. The van der Waals surface area contributed by atoms with Crippen LogP contribution in [-0.4, -0.2) is 10.9 Å². The van der Waals surface area contributed by atoms with Gasteiger partial charge in [-0.2, -0.15) is 0 Å². The standard InChI is InChI=1S/C16H21NS/c1-3-14(2)17(13-16-10-7-11-18-16)12-15-8-5-4-6-9-15/h4-11,14H,3,12-13H2,1-2H3/t14-/m0/s1. The van der Waals surface area contributed by atoms with Crippen LogP contribution in [0.3, 0.4) is 0 Å². The average molecular weight is 259 g/mol. The first-order chi connectivity index (χ1) is 8.79. The van der Waals surface area contributed by atoms with E-state index < -0.39 is 0 Å². The smallest absolute Gasteiger partial charge is 0.0334 e. The molecular weight excluding hydrogens is 238 g/mol. The molecule has 2 rings (SSSR count). The Labute approximate surface area is 114 Å². The first kappa shape index (κ1) is 13.3. The monoisotopic (exact) mass is 259 g/mol. The van der Waals surface area contributed by atoms with Crippen molar-refractivity contribution in [3.8, 4) is 0 Å². The first-order valence-electron chi connectivity index (χ1n) is 6.60. The maximum atomic E-state index is 2.56. The molecule has 1 atom stereocenters. The van der Waals surface area contributed by atoms with E-state index in [9.17, 15) is 0 Å². The van der Waals surface area contributed by atoms with E-state index in [0.717, 1.165) is 13.1 Å². The van der Waals surface area contributed by atoms with E-state index in [2.05, 4.69) is 66.6 Å². The van der Waals surface area contributed by atoms with Crippen LogP contribution in [0.1, 0.15) is 30.7 Å². The van der Waals surface area contributed by atoms with Crippen LogP contribution in [0, 0.1) is 0 Å². The SMILES string of the molecule is CC[C@H](C)N(Cc1ccccc1)Cc1cccs1. The first-order valence-corrected chi connectivity index (χ1v) is 7.48. The topological polar surface area (TPSA) is 3.24 Å². The van der Waals surface area contributed by atoms with Crippen molar-refractivity contribution in [3.05, 3.63) is 58.3 Å². The van der Waals surface area contributed by atoms with Gasteiger partial charge in [0.25, 0.3) is 0 Å².